The standard InChI is InChI=1S/C61H35N3S/c1-2-11-41(12-3-1)59-62-60(64-61(63-59)51-23-10-22-50-46-18-4-5-24-53(46)65-58(50)51)44-17-6-16-42(33-44)36-25-27-37(28-26-36)45-34-43-32-31-40-14-8-20-48-47-19-7-13-38-29-30-39-15-9-21-49(56(39)54(38)47)52(35-45)57(43)55(40)48/h1-35H. The van der Waals surface area contributed by atoms with Crippen molar-refractivity contribution in [2.24, 2.45) is 0 Å². The van der Waals surface area contributed by atoms with Crippen LogP contribution in [0.3, 0.4) is 0 Å². The number of hydrogen-bond acceptors (Lipinski definition) is 4. The summed E-state index contributed by atoms with van der Waals surface area (Å²) in [6.45, 7) is 0. The Balaban J connectivity index is 0.902. The van der Waals surface area contributed by atoms with Gasteiger partial charge in [-0.3, -0.25) is 0 Å². The molecule has 0 amide bonds. The van der Waals surface area contributed by atoms with Gasteiger partial charge in [-0.15, -0.1) is 11.3 Å². The zero-order chi connectivity index (χ0) is 42.6. The van der Waals surface area contributed by atoms with Crippen LogP contribution in [0, 0.1) is 0 Å². The predicted molar refractivity (Wildman–Crippen MR) is 276 cm³/mol. The van der Waals surface area contributed by atoms with E-state index in [1.54, 1.807) is 11.3 Å². The normalized spacial score (nSPS) is 12.0. The minimum Gasteiger partial charge on any atom is -0.208 e. The molecule has 0 fully saturated rings. The Labute approximate surface area is 377 Å². The lowest BCUT2D eigenvalue weighted by Crippen LogP contribution is -2.00. The fraction of sp³-hybridized carbons (Fsp3) is 0. The average molecular weight is 842 g/mol. The molecule has 2 aromatic heterocycles. The van der Waals surface area contributed by atoms with Gasteiger partial charge in [0.05, 0.1) is 0 Å². The van der Waals surface area contributed by atoms with E-state index in [1.165, 1.54) is 95.9 Å². The highest BCUT2D eigenvalue weighted by Crippen LogP contribution is 2.45. The van der Waals surface area contributed by atoms with Gasteiger partial charge < -0.3 is 0 Å². The van der Waals surface area contributed by atoms with Crippen molar-refractivity contribution >= 4 is 96.1 Å². The molecular formula is C61H35N3S. The highest BCUT2D eigenvalue weighted by molar-refractivity contribution is 7.26. The van der Waals surface area contributed by atoms with E-state index in [-0.39, 0.29) is 0 Å². The quantitative estimate of drug-likeness (QED) is 0.162. The largest absolute Gasteiger partial charge is 0.208 e. The van der Waals surface area contributed by atoms with Crippen molar-refractivity contribution < 1.29 is 0 Å². The van der Waals surface area contributed by atoms with Crippen molar-refractivity contribution in [2.75, 3.05) is 0 Å². The van der Waals surface area contributed by atoms with E-state index >= 15 is 0 Å². The lowest BCUT2D eigenvalue weighted by atomic mass is 9.86. The van der Waals surface area contributed by atoms with Gasteiger partial charge in [0, 0.05) is 36.9 Å². The summed E-state index contributed by atoms with van der Waals surface area (Å²) in [5.41, 5.74) is 7.50. The molecular weight excluding hydrogens is 807 g/mol. The Morgan fingerprint density at radius 1 is 0.262 bits per heavy atom. The molecule has 0 bridgehead atoms. The third kappa shape index (κ3) is 5.64. The first-order valence-electron chi connectivity index (χ1n) is 22.1. The second-order valence-electron chi connectivity index (χ2n) is 17.1. The Kier molecular flexibility index (Phi) is 7.85. The zero-order valence-electron chi connectivity index (χ0n) is 35.0. The lowest BCUT2D eigenvalue weighted by molar-refractivity contribution is 1.08. The van der Waals surface area contributed by atoms with Gasteiger partial charge in [0.15, 0.2) is 17.5 Å². The van der Waals surface area contributed by atoms with Gasteiger partial charge in [0.25, 0.3) is 0 Å². The minimum atomic E-state index is 0.645. The van der Waals surface area contributed by atoms with Crippen molar-refractivity contribution in [3.8, 4) is 56.4 Å². The summed E-state index contributed by atoms with van der Waals surface area (Å²) in [4.78, 5) is 15.4. The number of fused-ring (bicyclic) bond motifs is 5. The summed E-state index contributed by atoms with van der Waals surface area (Å²) >= 11 is 1.79. The van der Waals surface area contributed by atoms with Crippen LogP contribution in [-0.2, 0) is 0 Å². The van der Waals surface area contributed by atoms with Crippen LogP contribution in [0.15, 0.2) is 212 Å². The molecule has 0 aliphatic carbocycles. The molecule has 0 spiro atoms. The first-order chi connectivity index (χ1) is 32.2. The fourth-order valence-electron chi connectivity index (χ4n) is 10.4. The van der Waals surface area contributed by atoms with Crippen molar-refractivity contribution in [2.45, 2.75) is 0 Å². The molecule has 0 unspecified atom stereocenters. The van der Waals surface area contributed by atoms with Crippen LogP contribution in [0.5, 0.6) is 0 Å². The maximum atomic E-state index is 5.21. The van der Waals surface area contributed by atoms with Crippen molar-refractivity contribution in [3.63, 3.8) is 0 Å². The van der Waals surface area contributed by atoms with E-state index in [4.69, 9.17) is 15.0 Å². The average Bonchev–Trinajstić information content (AvgIpc) is 3.76. The second kappa shape index (κ2) is 14.1. The Morgan fingerprint density at radius 2 is 0.754 bits per heavy atom. The third-order valence-corrected chi connectivity index (χ3v) is 14.6. The van der Waals surface area contributed by atoms with Crippen LogP contribution in [0.4, 0.5) is 0 Å². The van der Waals surface area contributed by atoms with Crippen LogP contribution in [0.1, 0.15) is 0 Å². The number of nitrogens with zero attached hydrogens (tertiary/aromatic N) is 3. The van der Waals surface area contributed by atoms with Gasteiger partial charge >= 0.3 is 0 Å². The topological polar surface area (TPSA) is 38.7 Å². The smallest absolute Gasteiger partial charge is 0.165 e. The van der Waals surface area contributed by atoms with Crippen molar-refractivity contribution in [1.29, 1.82) is 0 Å². The summed E-state index contributed by atoms with van der Waals surface area (Å²) in [5.74, 6) is 1.97. The van der Waals surface area contributed by atoms with E-state index in [0.717, 1.165) is 27.8 Å². The van der Waals surface area contributed by atoms with Crippen LogP contribution in [0.2, 0.25) is 0 Å². The molecule has 14 rings (SSSR count). The number of aromatic nitrogens is 3. The number of rotatable bonds is 5. The highest BCUT2D eigenvalue weighted by atomic mass is 32.1. The van der Waals surface area contributed by atoms with Crippen LogP contribution >= 0.6 is 11.3 Å². The predicted octanol–water partition coefficient (Wildman–Crippen LogP) is 16.9. The van der Waals surface area contributed by atoms with E-state index in [1.807, 2.05) is 18.2 Å². The fourth-order valence-corrected chi connectivity index (χ4v) is 11.6. The summed E-state index contributed by atoms with van der Waals surface area (Å²) < 4.78 is 2.43. The van der Waals surface area contributed by atoms with Crippen molar-refractivity contribution in [3.05, 3.63) is 212 Å². The van der Waals surface area contributed by atoms with E-state index in [2.05, 4.69) is 194 Å². The van der Waals surface area contributed by atoms with Gasteiger partial charge in [-0.25, -0.2) is 15.0 Å². The molecule has 2 heterocycles. The SMILES string of the molecule is c1ccc(-c2nc(-c3cccc(-c4ccc(-c5cc6ccc7cccc8c9cccc%10ccc%11cccc(c(c5)c6c78)c%11c%109)cc4)c3)nc(-c3cccc4c3sc3ccccc34)n2)cc1. The third-order valence-electron chi connectivity index (χ3n) is 13.4. The molecule has 0 saturated carbocycles. The molecule has 4 heteroatoms. The summed E-state index contributed by atoms with van der Waals surface area (Å²) in [7, 11) is 0. The van der Waals surface area contributed by atoms with Gasteiger partial charge in [0.2, 0.25) is 0 Å². The molecule has 0 N–H and O–H groups in total. The van der Waals surface area contributed by atoms with E-state index in [9.17, 15) is 0 Å². The van der Waals surface area contributed by atoms with Crippen LogP contribution in [-0.4, -0.2) is 15.0 Å². The second-order valence-corrected chi connectivity index (χ2v) is 18.1. The minimum absolute atomic E-state index is 0.645. The van der Waals surface area contributed by atoms with Crippen LogP contribution < -0.4 is 0 Å². The summed E-state index contributed by atoms with van der Waals surface area (Å²) in [6, 6.07) is 77.1. The molecule has 0 saturated heterocycles. The Morgan fingerprint density at radius 3 is 1.46 bits per heavy atom. The summed E-state index contributed by atoms with van der Waals surface area (Å²) in [5, 5.41) is 17.9. The molecule has 0 atom stereocenters. The zero-order valence-corrected chi connectivity index (χ0v) is 35.8. The van der Waals surface area contributed by atoms with E-state index < -0.39 is 0 Å². The molecule has 12 aromatic carbocycles. The maximum absolute atomic E-state index is 5.21. The highest BCUT2D eigenvalue weighted by Gasteiger charge is 2.19. The maximum Gasteiger partial charge on any atom is 0.165 e. The van der Waals surface area contributed by atoms with Gasteiger partial charge in [0.1, 0.15) is 0 Å². The Bertz CT molecular complexity index is 4220. The number of thiophene rings is 1. The molecule has 0 radical (unpaired) electrons. The number of hydrogen-bond donors (Lipinski definition) is 0. The lowest BCUT2D eigenvalue weighted by Gasteiger charge is -2.17. The monoisotopic (exact) mass is 841 g/mol. The Hall–Kier alpha value is -8.31. The molecule has 0 aliphatic heterocycles. The van der Waals surface area contributed by atoms with Gasteiger partial charge in [-0.05, 0) is 117 Å². The van der Waals surface area contributed by atoms with Gasteiger partial charge in [-0.2, -0.15) is 0 Å². The molecule has 3 nitrogen and oxygen atoms in total. The van der Waals surface area contributed by atoms with Crippen LogP contribution in [0.25, 0.3) is 141 Å². The van der Waals surface area contributed by atoms with Gasteiger partial charge in [-0.1, -0.05) is 182 Å². The van der Waals surface area contributed by atoms with E-state index in [0.29, 0.717) is 17.5 Å². The van der Waals surface area contributed by atoms with Crippen molar-refractivity contribution in [1.82, 2.24) is 15.0 Å². The first-order valence-corrected chi connectivity index (χ1v) is 22.9. The first kappa shape index (κ1) is 36.2. The molecule has 65 heavy (non-hydrogen) atoms. The number of benzene rings is 11. The molecule has 0 aliphatic rings. The summed E-state index contributed by atoms with van der Waals surface area (Å²) in [6.07, 6.45) is 0. The molecule has 300 valence electrons. The molecule has 14 aromatic rings.